The van der Waals surface area contributed by atoms with Gasteiger partial charge in [0.25, 0.3) is 0 Å². The molecule has 1 aliphatic heterocycles. The first-order valence-corrected chi connectivity index (χ1v) is 9.34. The van der Waals surface area contributed by atoms with Crippen LogP contribution in [0.5, 0.6) is 11.5 Å². The van der Waals surface area contributed by atoms with Crippen LogP contribution in [0, 0.1) is 0 Å². The maximum atomic E-state index is 12.9. The fourth-order valence-electron chi connectivity index (χ4n) is 2.41. The third-order valence-electron chi connectivity index (χ3n) is 3.67. The van der Waals surface area contributed by atoms with Crippen LogP contribution < -0.4 is 15.2 Å². The van der Waals surface area contributed by atoms with Crippen molar-refractivity contribution in [2.24, 2.45) is 5.73 Å². The van der Waals surface area contributed by atoms with E-state index in [1.807, 2.05) is 0 Å². The number of Topliss-reactive ketones (excluding diaryl/α,β-unsaturated/α-hetero) is 1. The smallest absolute Gasteiger partial charge is 0.313 e. The quantitative estimate of drug-likeness (QED) is 0.692. The maximum Gasteiger partial charge on any atom is 0.313 e. The molecule has 2 N–H and O–H groups in total. The van der Waals surface area contributed by atoms with Crippen LogP contribution >= 0.6 is 0 Å². The standard InChI is InChI=1S/C19H19NO7S/c1-24-14-8-13(9-15(10-14)25-2)17-16(21)18(19(20)26-17)27-28(22,23)11-12-6-4-3-5-7-12/h3-10,17H,11,20H2,1-2H3/t17-/m0/s1/i11D2,17D. The van der Waals surface area contributed by atoms with Gasteiger partial charge in [-0.2, -0.15) is 8.42 Å². The Balaban J connectivity index is 1.96. The summed E-state index contributed by atoms with van der Waals surface area (Å²) in [4.78, 5) is 12.9. The molecule has 2 aromatic rings. The zero-order valence-electron chi connectivity index (χ0n) is 18.0. The Morgan fingerprint density at radius 1 is 1.14 bits per heavy atom. The van der Waals surface area contributed by atoms with Crippen LogP contribution in [-0.4, -0.2) is 28.4 Å². The molecule has 0 unspecified atom stereocenters. The average Bonchev–Trinajstić information content (AvgIpc) is 2.97. The summed E-state index contributed by atoms with van der Waals surface area (Å²) < 4.78 is 69.9. The Kier molecular flexibility index (Phi) is 4.41. The summed E-state index contributed by atoms with van der Waals surface area (Å²) in [6.45, 7) is 0. The van der Waals surface area contributed by atoms with Gasteiger partial charge in [0.2, 0.25) is 17.4 Å². The lowest BCUT2D eigenvalue weighted by Crippen LogP contribution is -2.16. The molecule has 148 valence electrons. The van der Waals surface area contributed by atoms with Crippen LogP contribution in [0.1, 0.15) is 21.3 Å². The Morgan fingerprint density at radius 2 is 1.75 bits per heavy atom. The number of carbonyl (C=O) groups is 1. The van der Waals surface area contributed by atoms with Crippen LogP contribution in [-0.2, 0) is 29.5 Å². The summed E-state index contributed by atoms with van der Waals surface area (Å²) in [5, 5.41) is 0. The summed E-state index contributed by atoms with van der Waals surface area (Å²) in [6.07, 6.45) is -2.49. The van der Waals surface area contributed by atoms with Gasteiger partial charge in [-0.15, -0.1) is 0 Å². The van der Waals surface area contributed by atoms with E-state index in [1.165, 1.54) is 56.7 Å². The van der Waals surface area contributed by atoms with Crippen molar-refractivity contribution in [1.29, 1.82) is 0 Å². The molecule has 9 heteroatoms. The topological polar surface area (TPSA) is 114 Å². The molecule has 3 rings (SSSR count). The Morgan fingerprint density at radius 3 is 2.32 bits per heavy atom. The molecule has 8 nitrogen and oxygen atoms in total. The van der Waals surface area contributed by atoms with Crippen molar-refractivity contribution >= 4 is 15.9 Å². The third kappa shape index (κ3) is 4.20. The van der Waals surface area contributed by atoms with Crippen molar-refractivity contribution in [1.82, 2.24) is 0 Å². The number of rotatable bonds is 7. The van der Waals surface area contributed by atoms with E-state index in [0.29, 0.717) is 0 Å². The van der Waals surface area contributed by atoms with E-state index in [1.54, 1.807) is 6.07 Å². The molecule has 0 spiro atoms. The molecule has 2 aromatic carbocycles. The van der Waals surface area contributed by atoms with E-state index >= 15 is 0 Å². The number of ether oxygens (including phenoxy) is 3. The van der Waals surface area contributed by atoms with E-state index in [0.717, 1.165) is 0 Å². The molecular weight excluding hydrogens is 386 g/mol. The van der Waals surface area contributed by atoms with Crippen LogP contribution in [0.4, 0.5) is 0 Å². The fourth-order valence-corrected chi connectivity index (χ4v) is 3.25. The predicted molar refractivity (Wildman–Crippen MR) is 99.7 cm³/mol. The number of nitrogens with two attached hydrogens (primary N) is 1. The largest absolute Gasteiger partial charge is 0.497 e. The number of ketones is 1. The molecule has 0 radical (unpaired) electrons. The van der Waals surface area contributed by atoms with E-state index in [-0.39, 0.29) is 22.6 Å². The second-order valence-corrected chi connectivity index (χ2v) is 6.84. The zero-order valence-corrected chi connectivity index (χ0v) is 15.8. The summed E-state index contributed by atoms with van der Waals surface area (Å²) in [7, 11) is -2.32. The van der Waals surface area contributed by atoms with E-state index in [2.05, 4.69) is 0 Å². The first-order chi connectivity index (χ1) is 14.5. The van der Waals surface area contributed by atoms with Gasteiger partial charge in [0.1, 0.15) is 17.2 Å². The van der Waals surface area contributed by atoms with Gasteiger partial charge < -0.3 is 24.1 Å². The van der Waals surface area contributed by atoms with Gasteiger partial charge in [0, 0.05) is 11.6 Å². The number of benzene rings is 2. The Labute approximate surface area is 166 Å². The second-order valence-electron chi connectivity index (χ2n) is 5.56. The van der Waals surface area contributed by atoms with Gasteiger partial charge in [-0.05, 0) is 17.7 Å². The minimum Gasteiger partial charge on any atom is -0.497 e. The molecule has 0 bridgehead atoms. The molecular formula is C19H19NO7S. The normalized spacial score (nSPS) is 21.4. The zero-order chi connectivity index (χ0) is 23.0. The van der Waals surface area contributed by atoms with Crippen LogP contribution in [0.25, 0.3) is 0 Å². The molecule has 0 saturated heterocycles. The minimum atomic E-state index is -5.06. The lowest BCUT2D eigenvalue weighted by atomic mass is 10.1. The Hall–Kier alpha value is -3.20. The van der Waals surface area contributed by atoms with Gasteiger partial charge in [0.15, 0.2) is 6.08 Å². The average molecular weight is 408 g/mol. The number of carbonyl (C=O) groups excluding carboxylic acids is 1. The van der Waals surface area contributed by atoms with Crippen molar-refractivity contribution in [2.75, 3.05) is 14.2 Å². The highest BCUT2D eigenvalue weighted by molar-refractivity contribution is 7.86. The Bertz CT molecular complexity index is 1130. The molecule has 1 atom stereocenters. The monoisotopic (exact) mass is 408 g/mol. The second kappa shape index (κ2) is 7.81. The van der Waals surface area contributed by atoms with Crippen molar-refractivity contribution in [3.63, 3.8) is 0 Å². The van der Waals surface area contributed by atoms with Crippen molar-refractivity contribution in [2.45, 2.75) is 11.8 Å². The summed E-state index contributed by atoms with van der Waals surface area (Å²) in [5.41, 5.74) is 2.38. The highest BCUT2D eigenvalue weighted by Crippen LogP contribution is 2.36. The first-order valence-electron chi connectivity index (χ1n) is 9.43. The molecule has 1 aliphatic rings. The van der Waals surface area contributed by atoms with Gasteiger partial charge >= 0.3 is 10.1 Å². The molecule has 28 heavy (non-hydrogen) atoms. The summed E-state index contributed by atoms with van der Waals surface area (Å²) in [5.74, 6) is -2.49. The van der Waals surface area contributed by atoms with Gasteiger partial charge in [-0.25, -0.2) is 0 Å². The lowest BCUT2D eigenvalue weighted by molar-refractivity contribution is -0.123. The fraction of sp³-hybridized carbons (Fsp3) is 0.211. The maximum absolute atomic E-state index is 12.9. The SMILES string of the molecule is [2H]C([2H])(c1ccccc1)S(=O)(=O)OC1=C(N)O[C@@]([2H])(c2cc(OC)cc(OC)c2)C1=O. The van der Waals surface area contributed by atoms with Gasteiger partial charge in [-0.1, -0.05) is 30.3 Å². The molecule has 0 aromatic heterocycles. The summed E-state index contributed by atoms with van der Waals surface area (Å²) in [6, 6.07) is 11.1. The molecule has 0 fully saturated rings. The highest BCUT2D eigenvalue weighted by Gasteiger charge is 2.40. The molecule has 0 amide bonds. The van der Waals surface area contributed by atoms with E-state index < -0.39 is 39.3 Å². The molecule has 1 heterocycles. The lowest BCUT2D eigenvalue weighted by Gasteiger charge is -2.13. The van der Waals surface area contributed by atoms with E-state index in [9.17, 15) is 13.2 Å². The third-order valence-corrected chi connectivity index (χ3v) is 4.54. The van der Waals surface area contributed by atoms with Crippen LogP contribution in [0.15, 0.2) is 60.2 Å². The van der Waals surface area contributed by atoms with Gasteiger partial charge in [0.05, 0.1) is 18.3 Å². The van der Waals surface area contributed by atoms with Crippen LogP contribution in [0.3, 0.4) is 0 Å². The van der Waals surface area contributed by atoms with Crippen molar-refractivity contribution in [3.8, 4) is 11.5 Å². The van der Waals surface area contributed by atoms with Crippen molar-refractivity contribution in [3.05, 3.63) is 71.3 Å². The number of hydrogen-bond acceptors (Lipinski definition) is 8. The van der Waals surface area contributed by atoms with Crippen LogP contribution in [0.2, 0.25) is 0 Å². The molecule has 0 aliphatic carbocycles. The van der Waals surface area contributed by atoms with E-state index in [4.69, 9.17) is 28.2 Å². The summed E-state index contributed by atoms with van der Waals surface area (Å²) >= 11 is 0. The van der Waals surface area contributed by atoms with Crippen molar-refractivity contribution < 1.29 is 35.7 Å². The molecule has 0 saturated carbocycles. The first kappa shape index (κ1) is 15.8. The van der Waals surface area contributed by atoms with Gasteiger partial charge in [-0.3, -0.25) is 4.79 Å². The number of hydrogen-bond donors (Lipinski definition) is 1. The highest BCUT2D eigenvalue weighted by atomic mass is 32.2. The predicted octanol–water partition coefficient (Wildman–Crippen LogP) is 2.02. The number of methoxy groups -OCH3 is 2. The minimum absolute atomic E-state index is 0.0567.